The van der Waals surface area contributed by atoms with Crippen molar-refractivity contribution >= 4 is 15.9 Å². The van der Waals surface area contributed by atoms with E-state index in [1.807, 2.05) is 6.07 Å². The average Bonchev–Trinajstić information content (AvgIpc) is 2.16. The van der Waals surface area contributed by atoms with Crippen LogP contribution < -0.4 is 0 Å². The largest absolute Gasteiger partial charge is 0.289 e. The van der Waals surface area contributed by atoms with Crippen molar-refractivity contribution in [2.24, 2.45) is 0 Å². The van der Waals surface area contributed by atoms with Crippen LogP contribution >= 0.6 is 15.9 Å². The van der Waals surface area contributed by atoms with E-state index in [0.717, 1.165) is 18.5 Å². The number of halogens is 1. The molecule has 1 nitrogen and oxygen atoms in total. The fraction of sp³-hybridized carbons (Fsp3) is 0.400. The van der Waals surface area contributed by atoms with E-state index in [2.05, 4.69) is 52.0 Å². The number of nitrogens with zero attached hydrogens (tertiary/aromatic N) is 1. The first-order valence-electron chi connectivity index (χ1n) is 4.19. The molecule has 1 aromatic rings. The first kappa shape index (κ1) is 9.75. The Morgan fingerprint density at radius 2 is 1.92 bits per heavy atom. The minimum Gasteiger partial charge on any atom is -0.289 e. The third-order valence-corrected chi connectivity index (χ3v) is 2.57. The molecule has 0 aliphatic heterocycles. The van der Waals surface area contributed by atoms with Gasteiger partial charge in [0.15, 0.2) is 0 Å². The lowest BCUT2D eigenvalue weighted by atomic mass is 10.2. The summed E-state index contributed by atoms with van der Waals surface area (Å²) in [7, 11) is 0. The van der Waals surface area contributed by atoms with Crippen molar-refractivity contribution in [3.63, 3.8) is 0 Å². The third-order valence-electron chi connectivity index (χ3n) is 1.87. The van der Waals surface area contributed by atoms with Gasteiger partial charge in [0.25, 0.3) is 0 Å². The van der Waals surface area contributed by atoms with Gasteiger partial charge in [-0.3, -0.25) is 4.90 Å². The monoisotopic (exact) mass is 227 g/mol. The van der Waals surface area contributed by atoms with Crippen LogP contribution in [0.2, 0.25) is 0 Å². The SMILES string of the molecule is CCN(CBr)Cc1ccccc1. The Kier molecular flexibility index (Phi) is 4.33. The molecule has 0 saturated heterocycles. The van der Waals surface area contributed by atoms with Gasteiger partial charge in [0.05, 0.1) is 5.45 Å². The maximum atomic E-state index is 3.46. The molecule has 0 radical (unpaired) electrons. The predicted molar refractivity (Wildman–Crippen MR) is 56.3 cm³/mol. The molecule has 0 bridgehead atoms. The summed E-state index contributed by atoms with van der Waals surface area (Å²) in [4.78, 5) is 2.33. The van der Waals surface area contributed by atoms with Crippen LogP contribution in [0.3, 0.4) is 0 Å². The lowest BCUT2D eigenvalue weighted by molar-refractivity contribution is 0.334. The lowest BCUT2D eigenvalue weighted by Crippen LogP contribution is -2.20. The molecule has 0 spiro atoms. The summed E-state index contributed by atoms with van der Waals surface area (Å²) in [6.07, 6.45) is 0. The van der Waals surface area contributed by atoms with Crippen molar-refractivity contribution < 1.29 is 0 Å². The number of alkyl halides is 1. The Morgan fingerprint density at radius 3 is 2.42 bits per heavy atom. The summed E-state index contributed by atoms with van der Waals surface area (Å²) in [5.41, 5.74) is 2.32. The van der Waals surface area contributed by atoms with Crippen molar-refractivity contribution in [2.45, 2.75) is 13.5 Å². The zero-order valence-electron chi connectivity index (χ0n) is 7.33. The second-order valence-corrected chi connectivity index (χ2v) is 3.25. The molecule has 0 heterocycles. The van der Waals surface area contributed by atoms with Gasteiger partial charge in [-0.2, -0.15) is 0 Å². The molecule has 12 heavy (non-hydrogen) atoms. The maximum absolute atomic E-state index is 3.46. The maximum Gasteiger partial charge on any atom is 0.0545 e. The topological polar surface area (TPSA) is 3.24 Å². The summed E-state index contributed by atoms with van der Waals surface area (Å²) in [6, 6.07) is 10.5. The highest BCUT2D eigenvalue weighted by Gasteiger charge is 1.99. The minimum atomic E-state index is 0.943. The second-order valence-electron chi connectivity index (χ2n) is 2.75. The second kappa shape index (κ2) is 5.33. The zero-order chi connectivity index (χ0) is 8.81. The van der Waals surface area contributed by atoms with Crippen molar-refractivity contribution in [2.75, 3.05) is 12.0 Å². The Hall–Kier alpha value is -0.340. The number of benzene rings is 1. The molecule has 0 unspecified atom stereocenters. The smallest absolute Gasteiger partial charge is 0.0545 e. The Labute approximate surface area is 82.5 Å². The molecule has 0 atom stereocenters. The van der Waals surface area contributed by atoms with E-state index in [1.54, 1.807) is 0 Å². The van der Waals surface area contributed by atoms with E-state index in [-0.39, 0.29) is 0 Å². The molecule has 0 saturated carbocycles. The molecule has 0 fully saturated rings. The van der Waals surface area contributed by atoms with Crippen molar-refractivity contribution in [3.8, 4) is 0 Å². The molecule has 2 heteroatoms. The predicted octanol–water partition coefficient (Wildman–Crippen LogP) is 2.86. The Bertz CT molecular complexity index is 206. The van der Waals surface area contributed by atoms with Gasteiger partial charge in [-0.1, -0.05) is 53.2 Å². The first-order valence-corrected chi connectivity index (χ1v) is 5.31. The van der Waals surface area contributed by atoms with Crippen LogP contribution in [-0.4, -0.2) is 16.9 Å². The summed E-state index contributed by atoms with van der Waals surface area (Å²) >= 11 is 3.46. The molecule has 0 aliphatic carbocycles. The fourth-order valence-electron chi connectivity index (χ4n) is 1.08. The van der Waals surface area contributed by atoms with Crippen LogP contribution in [0, 0.1) is 0 Å². The van der Waals surface area contributed by atoms with Gasteiger partial charge in [0.1, 0.15) is 0 Å². The summed E-state index contributed by atoms with van der Waals surface area (Å²) in [5, 5.41) is 0. The summed E-state index contributed by atoms with van der Waals surface area (Å²) in [6.45, 7) is 4.28. The Morgan fingerprint density at radius 1 is 1.25 bits per heavy atom. The standard InChI is InChI=1S/C10H14BrN/c1-2-12(9-11)8-10-6-4-3-5-7-10/h3-7H,2,8-9H2,1H3. The molecule has 1 rings (SSSR count). The highest BCUT2D eigenvalue weighted by atomic mass is 79.9. The van der Waals surface area contributed by atoms with E-state index in [1.165, 1.54) is 5.56 Å². The van der Waals surface area contributed by atoms with E-state index >= 15 is 0 Å². The number of hydrogen-bond donors (Lipinski definition) is 0. The molecule has 66 valence electrons. The summed E-state index contributed by atoms with van der Waals surface area (Å²) < 4.78 is 0. The fourth-order valence-corrected chi connectivity index (χ4v) is 1.61. The van der Waals surface area contributed by atoms with Gasteiger partial charge < -0.3 is 0 Å². The molecular formula is C10H14BrN. The van der Waals surface area contributed by atoms with Gasteiger partial charge in [-0.05, 0) is 12.1 Å². The third kappa shape index (κ3) is 2.95. The van der Waals surface area contributed by atoms with Gasteiger partial charge in [0.2, 0.25) is 0 Å². The lowest BCUT2D eigenvalue weighted by Gasteiger charge is -2.16. The van der Waals surface area contributed by atoms with E-state index in [9.17, 15) is 0 Å². The zero-order valence-corrected chi connectivity index (χ0v) is 8.92. The van der Waals surface area contributed by atoms with Crippen molar-refractivity contribution in [1.82, 2.24) is 4.90 Å². The summed E-state index contributed by atoms with van der Waals surface area (Å²) in [5.74, 6) is 0. The van der Waals surface area contributed by atoms with Crippen LogP contribution in [0.15, 0.2) is 30.3 Å². The van der Waals surface area contributed by atoms with Gasteiger partial charge in [-0.25, -0.2) is 0 Å². The van der Waals surface area contributed by atoms with Crippen molar-refractivity contribution in [3.05, 3.63) is 35.9 Å². The minimum absolute atomic E-state index is 0.943. The van der Waals surface area contributed by atoms with E-state index in [0.29, 0.717) is 0 Å². The quantitative estimate of drug-likeness (QED) is 0.565. The molecular weight excluding hydrogens is 214 g/mol. The molecule has 1 aromatic carbocycles. The average molecular weight is 228 g/mol. The highest BCUT2D eigenvalue weighted by molar-refractivity contribution is 9.09. The first-order chi connectivity index (χ1) is 5.86. The van der Waals surface area contributed by atoms with Crippen LogP contribution in [0.4, 0.5) is 0 Å². The highest BCUT2D eigenvalue weighted by Crippen LogP contribution is 2.04. The number of rotatable bonds is 4. The van der Waals surface area contributed by atoms with Crippen LogP contribution in [0.1, 0.15) is 12.5 Å². The molecule has 0 aromatic heterocycles. The molecule has 0 aliphatic rings. The normalized spacial score (nSPS) is 10.6. The van der Waals surface area contributed by atoms with Crippen LogP contribution in [0.25, 0.3) is 0 Å². The molecule has 0 amide bonds. The van der Waals surface area contributed by atoms with E-state index in [4.69, 9.17) is 0 Å². The van der Waals surface area contributed by atoms with E-state index < -0.39 is 0 Å². The van der Waals surface area contributed by atoms with Gasteiger partial charge in [-0.15, -0.1) is 0 Å². The van der Waals surface area contributed by atoms with Crippen LogP contribution in [-0.2, 0) is 6.54 Å². The van der Waals surface area contributed by atoms with Gasteiger partial charge >= 0.3 is 0 Å². The molecule has 0 N–H and O–H groups in total. The van der Waals surface area contributed by atoms with Gasteiger partial charge in [0, 0.05) is 6.54 Å². The van der Waals surface area contributed by atoms with Crippen molar-refractivity contribution in [1.29, 1.82) is 0 Å². The number of hydrogen-bond acceptors (Lipinski definition) is 1. The Balaban J connectivity index is 2.51. The van der Waals surface area contributed by atoms with Crippen LogP contribution in [0.5, 0.6) is 0 Å².